The van der Waals surface area contributed by atoms with Crippen molar-refractivity contribution >= 4 is 29.8 Å². The molecule has 0 bridgehead atoms. The minimum atomic E-state index is -0.341. The molecule has 3 aromatic rings. The van der Waals surface area contributed by atoms with E-state index in [0.717, 1.165) is 10.7 Å². The van der Waals surface area contributed by atoms with Gasteiger partial charge in [-0.25, -0.2) is 14.5 Å². The van der Waals surface area contributed by atoms with Crippen molar-refractivity contribution in [1.29, 1.82) is 0 Å². The van der Waals surface area contributed by atoms with E-state index in [1.807, 2.05) is 12.3 Å². The SMILES string of the molecule is Cc1nc(/C=N\n2c(-c3cccc(F)c3)n[nH]c2=S)cs1. The van der Waals surface area contributed by atoms with Crippen molar-refractivity contribution in [1.82, 2.24) is 19.9 Å². The highest BCUT2D eigenvalue weighted by Crippen LogP contribution is 2.18. The Bertz CT molecular complexity index is 861. The summed E-state index contributed by atoms with van der Waals surface area (Å²) in [5, 5.41) is 13.9. The van der Waals surface area contributed by atoms with E-state index in [-0.39, 0.29) is 5.82 Å². The van der Waals surface area contributed by atoms with Gasteiger partial charge in [-0.15, -0.1) is 11.3 Å². The minimum absolute atomic E-state index is 0.331. The standard InChI is InChI=1S/C13H10FN5S2/c1-8-16-11(7-21-8)6-15-19-12(17-18-13(19)20)9-3-2-4-10(14)5-9/h2-7H,1H3,(H,18,20)/b15-6-. The predicted molar refractivity (Wildman–Crippen MR) is 82.6 cm³/mol. The third kappa shape index (κ3) is 2.96. The lowest BCUT2D eigenvalue weighted by Crippen LogP contribution is -1.95. The molecule has 0 radical (unpaired) electrons. The number of nitrogens with one attached hydrogen (secondary N) is 1. The van der Waals surface area contributed by atoms with Crippen molar-refractivity contribution in [3.8, 4) is 11.4 Å². The number of aromatic nitrogens is 4. The number of halogens is 1. The quantitative estimate of drug-likeness (QED) is 0.594. The van der Waals surface area contributed by atoms with Gasteiger partial charge in [0.15, 0.2) is 5.82 Å². The van der Waals surface area contributed by atoms with Crippen LogP contribution in [0.2, 0.25) is 0 Å². The van der Waals surface area contributed by atoms with Gasteiger partial charge in [0.2, 0.25) is 4.77 Å². The first-order valence-corrected chi connectivity index (χ1v) is 7.32. The van der Waals surface area contributed by atoms with Crippen molar-refractivity contribution in [3.05, 3.63) is 50.9 Å². The topological polar surface area (TPSA) is 58.9 Å². The van der Waals surface area contributed by atoms with E-state index in [1.165, 1.54) is 28.1 Å². The Hall–Kier alpha value is -2.19. The maximum atomic E-state index is 13.3. The number of aryl methyl sites for hydroxylation is 1. The van der Waals surface area contributed by atoms with Crippen molar-refractivity contribution in [2.24, 2.45) is 5.10 Å². The van der Waals surface area contributed by atoms with E-state index in [9.17, 15) is 4.39 Å². The zero-order chi connectivity index (χ0) is 14.8. The fourth-order valence-corrected chi connectivity index (χ4v) is 2.51. The molecule has 0 atom stereocenters. The Morgan fingerprint density at radius 2 is 2.33 bits per heavy atom. The van der Waals surface area contributed by atoms with Crippen LogP contribution in [0.25, 0.3) is 11.4 Å². The smallest absolute Gasteiger partial charge is 0.216 e. The summed E-state index contributed by atoms with van der Waals surface area (Å²) in [6.07, 6.45) is 1.59. The highest BCUT2D eigenvalue weighted by molar-refractivity contribution is 7.71. The molecule has 2 heterocycles. The number of nitrogens with zero attached hydrogens (tertiary/aromatic N) is 4. The van der Waals surface area contributed by atoms with Gasteiger partial charge in [-0.1, -0.05) is 12.1 Å². The van der Waals surface area contributed by atoms with Crippen molar-refractivity contribution in [3.63, 3.8) is 0 Å². The van der Waals surface area contributed by atoms with Gasteiger partial charge in [0.05, 0.1) is 16.9 Å². The van der Waals surface area contributed by atoms with Crippen LogP contribution in [-0.4, -0.2) is 26.1 Å². The molecule has 0 aliphatic rings. The second kappa shape index (κ2) is 5.66. The Morgan fingerprint density at radius 1 is 1.48 bits per heavy atom. The lowest BCUT2D eigenvalue weighted by atomic mass is 10.2. The van der Waals surface area contributed by atoms with Gasteiger partial charge < -0.3 is 0 Å². The van der Waals surface area contributed by atoms with Gasteiger partial charge in [0.1, 0.15) is 5.82 Å². The molecule has 21 heavy (non-hydrogen) atoms. The number of H-pyrrole nitrogens is 1. The van der Waals surface area contributed by atoms with Crippen LogP contribution >= 0.6 is 23.6 Å². The van der Waals surface area contributed by atoms with Gasteiger partial charge in [-0.3, -0.25) is 0 Å². The molecule has 0 unspecified atom stereocenters. The minimum Gasteiger partial charge on any atom is -0.250 e. The Kier molecular flexibility index (Phi) is 3.72. The van der Waals surface area contributed by atoms with E-state index in [1.54, 1.807) is 18.3 Å². The Morgan fingerprint density at radius 3 is 3.05 bits per heavy atom. The zero-order valence-electron chi connectivity index (χ0n) is 10.9. The van der Waals surface area contributed by atoms with Crippen LogP contribution in [0.3, 0.4) is 0 Å². The highest BCUT2D eigenvalue weighted by Gasteiger charge is 2.08. The first-order valence-electron chi connectivity index (χ1n) is 6.03. The summed E-state index contributed by atoms with van der Waals surface area (Å²) in [6, 6.07) is 6.10. The van der Waals surface area contributed by atoms with Gasteiger partial charge in [-0.2, -0.15) is 14.9 Å². The largest absolute Gasteiger partial charge is 0.250 e. The molecule has 3 rings (SSSR count). The van der Waals surface area contributed by atoms with Crippen LogP contribution in [-0.2, 0) is 0 Å². The molecule has 0 aliphatic carbocycles. The molecule has 0 amide bonds. The van der Waals surface area contributed by atoms with Gasteiger partial charge >= 0.3 is 0 Å². The molecule has 0 aliphatic heterocycles. The number of rotatable bonds is 3. The summed E-state index contributed by atoms with van der Waals surface area (Å²) in [5.41, 5.74) is 1.33. The van der Waals surface area contributed by atoms with Gasteiger partial charge in [-0.05, 0) is 31.3 Å². The number of aromatic amines is 1. The molecule has 8 heteroatoms. The fourth-order valence-electron chi connectivity index (χ4n) is 1.77. The molecule has 1 aromatic carbocycles. The lowest BCUT2D eigenvalue weighted by molar-refractivity contribution is 0.628. The molecule has 0 saturated carbocycles. The summed E-state index contributed by atoms with van der Waals surface area (Å²) in [5.74, 6) is 0.106. The molecule has 2 aromatic heterocycles. The second-order valence-corrected chi connectivity index (χ2v) is 5.66. The molecule has 106 valence electrons. The van der Waals surface area contributed by atoms with Crippen LogP contribution in [0.15, 0.2) is 34.7 Å². The monoisotopic (exact) mass is 319 g/mol. The van der Waals surface area contributed by atoms with Crippen LogP contribution in [0, 0.1) is 17.5 Å². The van der Waals surface area contributed by atoms with Crippen molar-refractivity contribution in [2.75, 3.05) is 0 Å². The predicted octanol–water partition coefficient (Wildman–Crippen LogP) is 3.39. The van der Waals surface area contributed by atoms with E-state index >= 15 is 0 Å². The molecule has 0 saturated heterocycles. The Balaban J connectivity index is 2.01. The van der Waals surface area contributed by atoms with Gasteiger partial charge in [0.25, 0.3) is 0 Å². The first-order chi connectivity index (χ1) is 10.1. The third-order valence-corrected chi connectivity index (χ3v) is 3.73. The van der Waals surface area contributed by atoms with Crippen LogP contribution in [0.5, 0.6) is 0 Å². The number of thiazole rings is 1. The highest BCUT2D eigenvalue weighted by atomic mass is 32.1. The molecule has 0 spiro atoms. The summed E-state index contributed by atoms with van der Waals surface area (Å²) < 4.78 is 15.1. The second-order valence-electron chi connectivity index (χ2n) is 4.21. The van der Waals surface area contributed by atoms with E-state index in [2.05, 4.69) is 20.3 Å². The number of hydrogen-bond donors (Lipinski definition) is 1. The summed E-state index contributed by atoms with van der Waals surface area (Å²) >= 11 is 6.68. The summed E-state index contributed by atoms with van der Waals surface area (Å²) in [6.45, 7) is 1.92. The first kappa shape index (κ1) is 13.8. The van der Waals surface area contributed by atoms with E-state index in [4.69, 9.17) is 12.2 Å². The number of benzene rings is 1. The average Bonchev–Trinajstić information content (AvgIpc) is 3.03. The van der Waals surface area contributed by atoms with E-state index in [0.29, 0.717) is 16.2 Å². The summed E-state index contributed by atoms with van der Waals surface area (Å²) in [7, 11) is 0. The van der Waals surface area contributed by atoms with Crippen LogP contribution in [0.4, 0.5) is 4.39 Å². The molecular formula is C13H10FN5S2. The molecular weight excluding hydrogens is 309 g/mol. The lowest BCUT2D eigenvalue weighted by Gasteiger charge is -2.00. The molecule has 1 N–H and O–H groups in total. The third-order valence-electron chi connectivity index (χ3n) is 2.68. The fraction of sp³-hybridized carbons (Fsp3) is 0.0769. The van der Waals surface area contributed by atoms with Crippen LogP contribution in [0.1, 0.15) is 10.7 Å². The summed E-state index contributed by atoms with van der Waals surface area (Å²) in [4.78, 5) is 4.29. The van der Waals surface area contributed by atoms with Crippen molar-refractivity contribution in [2.45, 2.75) is 6.92 Å². The number of hydrogen-bond acceptors (Lipinski definition) is 5. The maximum absolute atomic E-state index is 13.3. The van der Waals surface area contributed by atoms with E-state index < -0.39 is 0 Å². The van der Waals surface area contributed by atoms with Crippen LogP contribution < -0.4 is 0 Å². The van der Waals surface area contributed by atoms with Crippen molar-refractivity contribution < 1.29 is 4.39 Å². The zero-order valence-corrected chi connectivity index (χ0v) is 12.6. The molecule has 5 nitrogen and oxygen atoms in total. The molecule has 0 fully saturated rings. The Labute approximate surface area is 128 Å². The van der Waals surface area contributed by atoms with Gasteiger partial charge in [0, 0.05) is 10.9 Å². The normalized spacial score (nSPS) is 11.3. The average molecular weight is 319 g/mol. The maximum Gasteiger partial charge on any atom is 0.216 e.